The Morgan fingerprint density at radius 1 is 1.43 bits per heavy atom. The number of hydrogen-bond acceptors (Lipinski definition) is 6. The van der Waals surface area contributed by atoms with E-state index in [9.17, 15) is 9.90 Å². The third-order valence-electron chi connectivity index (χ3n) is 3.90. The molecule has 6 nitrogen and oxygen atoms in total. The maximum Gasteiger partial charge on any atom is 0.263 e. The highest BCUT2D eigenvalue weighted by Crippen LogP contribution is 2.26. The number of carbonyl (C=O) groups excluding carboxylic acids is 1. The first kappa shape index (κ1) is 15.9. The number of aliphatic hydroxyl groups excluding tert-OH is 1. The average molecular weight is 333 g/mol. The van der Waals surface area contributed by atoms with Gasteiger partial charge >= 0.3 is 0 Å². The molecule has 122 valence electrons. The molecule has 1 aliphatic rings. The highest BCUT2D eigenvalue weighted by atomic mass is 32.1. The van der Waals surface area contributed by atoms with Crippen LogP contribution >= 0.6 is 11.3 Å². The number of carbonyl (C=O) groups is 1. The summed E-state index contributed by atoms with van der Waals surface area (Å²) in [5.41, 5.74) is 0.949. The lowest BCUT2D eigenvalue weighted by Gasteiger charge is -2.13. The Kier molecular flexibility index (Phi) is 4.90. The maximum absolute atomic E-state index is 12.2. The van der Waals surface area contributed by atoms with Gasteiger partial charge in [-0.15, -0.1) is 11.3 Å². The zero-order valence-corrected chi connectivity index (χ0v) is 13.6. The van der Waals surface area contributed by atoms with Crippen LogP contribution in [0.4, 0.5) is 0 Å². The topological polar surface area (TPSA) is 83.5 Å². The van der Waals surface area contributed by atoms with Crippen LogP contribution in [0.2, 0.25) is 0 Å². The Morgan fingerprint density at radius 2 is 2.22 bits per heavy atom. The van der Waals surface area contributed by atoms with E-state index in [-0.39, 0.29) is 11.8 Å². The van der Waals surface area contributed by atoms with Crippen LogP contribution in [0.15, 0.2) is 30.5 Å². The van der Waals surface area contributed by atoms with Crippen molar-refractivity contribution in [3.05, 3.63) is 35.3 Å². The SMILES string of the molecule is COc1ccc(-c2ncc(C(=O)NCC3CNCC3O)s2)cc1. The smallest absolute Gasteiger partial charge is 0.263 e. The van der Waals surface area contributed by atoms with E-state index < -0.39 is 6.10 Å². The van der Waals surface area contributed by atoms with Gasteiger partial charge in [0.2, 0.25) is 0 Å². The molecule has 0 radical (unpaired) electrons. The van der Waals surface area contributed by atoms with E-state index in [0.717, 1.165) is 22.9 Å². The van der Waals surface area contributed by atoms with Crippen molar-refractivity contribution < 1.29 is 14.6 Å². The van der Waals surface area contributed by atoms with Gasteiger partial charge in [-0.3, -0.25) is 4.79 Å². The Hall–Kier alpha value is -1.96. The fourth-order valence-corrected chi connectivity index (χ4v) is 3.32. The normalized spacial score (nSPS) is 20.4. The molecule has 7 heteroatoms. The second-order valence-electron chi connectivity index (χ2n) is 5.45. The van der Waals surface area contributed by atoms with Gasteiger partial charge in [0.15, 0.2) is 0 Å². The highest BCUT2D eigenvalue weighted by molar-refractivity contribution is 7.16. The van der Waals surface area contributed by atoms with Crippen LogP contribution in [-0.4, -0.2) is 48.8 Å². The number of β-amino-alcohol motifs (C(OH)–C–C–N with tert-alkyl or cyclic N) is 1. The summed E-state index contributed by atoms with van der Waals surface area (Å²) in [7, 11) is 1.62. The Morgan fingerprint density at radius 3 is 2.87 bits per heavy atom. The van der Waals surface area contributed by atoms with E-state index in [2.05, 4.69) is 15.6 Å². The van der Waals surface area contributed by atoms with Crippen LogP contribution in [0.25, 0.3) is 10.6 Å². The molecule has 0 bridgehead atoms. The van der Waals surface area contributed by atoms with Gasteiger partial charge < -0.3 is 20.5 Å². The molecule has 1 aromatic carbocycles. The van der Waals surface area contributed by atoms with Gasteiger partial charge in [0.1, 0.15) is 15.6 Å². The molecule has 23 heavy (non-hydrogen) atoms. The molecule has 3 rings (SSSR count). The van der Waals surface area contributed by atoms with Crippen LogP contribution in [0.3, 0.4) is 0 Å². The van der Waals surface area contributed by atoms with E-state index in [1.165, 1.54) is 11.3 Å². The van der Waals surface area contributed by atoms with Gasteiger partial charge in [-0.05, 0) is 24.3 Å². The van der Waals surface area contributed by atoms with Crippen molar-refractivity contribution in [1.29, 1.82) is 0 Å². The second-order valence-corrected chi connectivity index (χ2v) is 6.48. The van der Waals surface area contributed by atoms with Gasteiger partial charge in [0, 0.05) is 31.1 Å². The summed E-state index contributed by atoms with van der Waals surface area (Å²) in [4.78, 5) is 17.1. The van der Waals surface area contributed by atoms with Gasteiger partial charge in [-0.25, -0.2) is 4.98 Å². The predicted molar refractivity (Wildman–Crippen MR) is 88.8 cm³/mol. The minimum Gasteiger partial charge on any atom is -0.497 e. The summed E-state index contributed by atoms with van der Waals surface area (Å²) >= 11 is 1.35. The number of methoxy groups -OCH3 is 1. The number of aromatic nitrogens is 1. The van der Waals surface area contributed by atoms with E-state index in [0.29, 0.717) is 18.0 Å². The van der Waals surface area contributed by atoms with Gasteiger partial charge in [0.25, 0.3) is 5.91 Å². The first-order chi connectivity index (χ1) is 11.2. The number of rotatable bonds is 5. The molecule has 1 saturated heterocycles. The fraction of sp³-hybridized carbons (Fsp3) is 0.375. The Labute approximate surface area is 138 Å². The van der Waals surface area contributed by atoms with Crippen molar-refractivity contribution in [3.8, 4) is 16.3 Å². The largest absolute Gasteiger partial charge is 0.497 e. The number of nitrogens with one attached hydrogen (secondary N) is 2. The quantitative estimate of drug-likeness (QED) is 0.764. The van der Waals surface area contributed by atoms with Crippen LogP contribution in [0.1, 0.15) is 9.67 Å². The molecule has 1 aromatic heterocycles. The number of aliphatic hydroxyl groups is 1. The molecule has 2 heterocycles. The molecule has 0 saturated carbocycles. The highest BCUT2D eigenvalue weighted by Gasteiger charge is 2.25. The molecule has 2 unspecified atom stereocenters. The number of benzene rings is 1. The molecule has 1 amide bonds. The van der Waals surface area contributed by atoms with Crippen LogP contribution in [0, 0.1) is 5.92 Å². The van der Waals surface area contributed by atoms with Crippen LogP contribution < -0.4 is 15.4 Å². The number of amides is 1. The molecule has 0 spiro atoms. The van der Waals surface area contributed by atoms with Crippen molar-refractivity contribution in [3.63, 3.8) is 0 Å². The lowest BCUT2D eigenvalue weighted by molar-refractivity contribution is 0.0931. The van der Waals surface area contributed by atoms with E-state index in [4.69, 9.17) is 4.74 Å². The van der Waals surface area contributed by atoms with Gasteiger partial charge in [0.05, 0.1) is 19.4 Å². The molecule has 3 N–H and O–H groups in total. The van der Waals surface area contributed by atoms with Crippen molar-refractivity contribution in [2.24, 2.45) is 5.92 Å². The van der Waals surface area contributed by atoms with Crippen molar-refractivity contribution in [1.82, 2.24) is 15.6 Å². The lowest BCUT2D eigenvalue weighted by Crippen LogP contribution is -2.34. The number of nitrogens with zero attached hydrogens (tertiary/aromatic N) is 1. The summed E-state index contributed by atoms with van der Waals surface area (Å²) in [6.45, 7) is 1.77. The lowest BCUT2D eigenvalue weighted by atomic mass is 10.1. The summed E-state index contributed by atoms with van der Waals surface area (Å²) in [5.74, 6) is 0.696. The molecule has 0 aliphatic carbocycles. The molecule has 2 atom stereocenters. The second kappa shape index (κ2) is 7.08. The summed E-state index contributed by atoms with van der Waals surface area (Å²) in [5, 5.41) is 16.5. The first-order valence-corrected chi connectivity index (χ1v) is 8.26. The average Bonchev–Trinajstić information content (AvgIpc) is 3.22. The molecule has 2 aromatic rings. The summed E-state index contributed by atoms with van der Waals surface area (Å²) in [6.07, 6.45) is 1.19. The van der Waals surface area contributed by atoms with Gasteiger partial charge in [-0.1, -0.05) is 0 Å². The zero-order chi connectivity index (χ0) is 16.2. The summed E-state index contributed by atoms with van der Waals surface area (Å²) in [6, 6.07) is 7.57. The number of hydrogen-bond donors (Lipinski definition) is 3. The van der Waals surface area contributed by atoms with E-state index in [1.54, 1.807) is 13.3 Å². The van der Waals surface area contributed by atoms with E-state index >= 15 is 0 Å². The maximum atomic E-state index is 12.2. The molecule has 1 aliphatic heterocycles. The molecular weight excluding hydrogens is 314 g/mol. The molecular formula is C16H19N3O3S. The van der Waals surface area contributed by atoms with Crippen molar-refractivity contribution in [2.45, 2.75) is 6.10 Å². The standard InChI is InChI=1S/C16H19N3O3S/c1-22-12-4-2-10(3-5-12)16-19-9-14(23-16)15(21)18-7-11-6-17-8-13(11)20/h2-5,9,11,13,17,20H,6-8H2,1H3,(H,18,21). The zero-order valence-electron chi connectivity index (χ0n) is 12.8. The van der Waals surface area contributed by atoms with Gasteiger partial charge in [-0.2, -0.15) is 0 Å². The van der Waals surface area contributed by atoms with Crippen LogP contribution in [0.5, 0.6) is 5.75 Å². The first-order valence-electron chi connectivity index (χ1n) is 7.44. The monoisotopic (exact) mass is 333 g/mol. The number of ether oxygens (including phenoxy) is 1. The van der Waals surface area contributed by atoms with Crippen molar-refractivity contribution >= 4 is 17.2 Å². The third-order valence-corrected chi connectivity index (χ3v) is 4.94. The van der Waals surface area contributed by atoms with Crippen molar-refractivity contribution in [2.75, 3.05) is 26.7 Å². The van der Waals surface area contributed by atoms with E-state index in [1.807, 2.05) is 24.3 Å². The minimum atomic E-state index is -0.397. The minimum absolute atomic E-state index is 0.0629. The Balaban J connectivity index is 1.62. The molecule has 1 fully saturated rings. The fourth-order valence-electron chi connectivity index (χ4n) is 2.48. The summed E-state index contributed by atoms with van der Waals surface area (Å²) < 4.78 is 5.13. The number of thiazole rings is 1. The van der Waals surface area contributed by atoms with Crippen LogP contribution in [-0.2, 0) is 0 Å². The Bertz CT molecular complexity index is 671. The predicted octanol–water partition coefficient (Wildman–Crippen LogP) is 1.13. The third kappa shape index (κ3) is 3.69.